The number of hydrogen-bond donors (Lipinski definition) is 1. The number of nitrogens with one attached hydrogen (secondary N) is 1. The van der Waals surface area contributed by atoms with Crippen LogP contribution in [-0.2, 0) is 0 Å². The SMILES string of the molecule is COc1ccc(NC(C)c2ccc(F)c(OC)c2)c(C)c1. The van der Waals surface area contributed by atoms with Crippen LogP contribution in [-0.4, -0.2) is 14.2 Å². The van der Waals surface area contributed by atoms with Gasteiger partial charge in [-0.25, -0.2) is 4.39 Å². The topological polar surface area (TPSA) is 30.5 Å². The zero-order valence-corrected chi connectivity index (χ0v) is 12.7. The maximum Gasteiger partial charge on any atom is 0.165 e. The summed E-state index contributed by atoms with van der Waals surface area (Å²) in [5.41, 5.74) is 3.07. The molecule has 1 atom stereocenters. The average Bonchev–Trinajstić information content (AvgIpc) is 2.49. The van der Waals surface area contributed by atoms with Crippen molar-refractivity contribution in [3.8, 4) is 11.5 Å². The van der Waals surface area contributed by atoms with Gasteiger partial charge in [0.05, 0.1) is 14.2 Å². The molecule has 1 N–H and O–H groups in total. The van der Waals surface area contributed by atoms with Crippen molar-refractivity contribution in [1.82, 2.24) is 0 Å². The zero-order valence-electron chi connectivity index (χ0n) is 12.7. The van der Waals surface area contributed by atoms with E-state index in [1.165, 1.54) is 13.2 Å². The second kappa shape index (κ2) is 6.48. The lowest BCUT2D eigenvalue weighted by molar-refractivity contribution is 0.385. The van der Waals surface area contributed by atoms with Crippen LogP contribution in [0.4, 0.5) is 10.1 Å². The van der Waals surface area contributed by atoms with Gasteiger partial charge in [-0.2, -0.15) is 0 Å². The number of hydrogen-bond acceptors (Lipinski definition) is 3. The molecule has 2 aromatic carbocycles. The van der Waals surface area contributed by atoms with Gasteiger partial charge in [-0.1, -0.05) is 6.07 Å². The lowest BCUT2D eigenvalue weighted by Gasteiger charge is -2.18. The van der Waals surface area contributed by atoms with Crippen LogP contribution >= 0.6 is 0 Å². The van der Waals surface area contributed by atoms with Gasteiger partial charge in [0.1, 0.15) is 5.75 Å². The third-order valence-corrected chi connectivity index (χ3v) is 3.48. The van der Waals surface area contributed by atoms with E-state index in [4.69, 9.17) is 9.47 Å². The zero-order chi connectivity index (χ0) is 15.4. The van der Waals surface area contributed by atoms with Gasteiger partial charge in [-0.05, 0) is 55.3 Å². The van der Waals surface area contributed by atoms with Gasteiger partial charge in [0.25, 0.3) is 0 Å². The van der Waals surface area contributed by atoms with Gasteiger partial charge in [-0.15, -0.1) is 0 Å². The van der Waals surface area contributed by atoms with Crippen LogP contribution in [0, 0.1) is 12.7 Å². The minimum absolute atomic E-state index is 0.0339. The van der Waals surface area contributed by atoms with Crippen molar-refractivity contribution in [3.05, 3.63) is 53.3 Å². The molecule has 0 aliphatic rings. The Hall–Kier alpha value is -2.23. The molecule has 4 heteroatoms. The van der Waals surface area contributed by atoms with Crippen LogP contribution in [0.3, 0.4) is 0 Å². The summed E-state index contributed by atoms with van der Waals surface area (Å²) in [4.78, 5) is 0. The molecule has 0 aliphatic heterocycles. The molecular formula is C17H20FNO2. The number of aryl methyl sites for hydroxylation is 1. The average molecular weight is 289 g/mol. The summed E-state index contributed by atoms with van der Waals surface area (Å²) < 4.78 is 23.7. The summed E-state index contributed by atoms with van der Waals surface area (Å²) in [6, 6.07) is 10.8. The first-order chi connectivity index (χ1) is 10.0. The van der Waals surface area contributed by atoms with Crippen molar-refractivity contribution >= 4 is 5.69 Å². The normalized spacial score (nSPS) is 11.9. The van der Waals surface area contributed by atoms with E-state index in [1.807, 2.05) is 32.0 Å². The molecule has 112 valence electrons. The Labute approximate surface area is 124 Å². The standard InChI is InChI=1S/C17H20FNO2/c1-11-9-14(20-3)6-8-16(11)19-12(2)13-5-7-15(18)17(10-13)21-4/h5-10,12,19H,1-4H3. The van der Waals surface area contributed by atoms with Crippen molar-refractivity contribution in [1.29, 1.82) is 0 Å². The summed E-state index contributed by atoms with van der Waals surface area (Å²) in [5, 5.41) is 3.41. The summed E-state index contributed by atoms with van der Waals surface area (Å²) in [7, 11) is 3.11. The third kappa shape index (κ3) is 3.45. The molecule has 2 aromatic rings. The Kier molecular flexibility index (Phi) is 4.68. The Bertz CT molecular complexity index is 628. The Morgan fingerprint density at radius 1 is 1.05 bits per heavy atom. The molecular weight excluding hydrogens is 269 g/mol. The molecule has 0 spiro atoms. The highest BCUT2D eigenvalue weighted by Gasteiger charge is 2.11. The largest absolute Gasteiger partial charge is 0.497 e. The van der Waals surface area contributed by atoms with E-state index in [9.17, 15) is 4.39 Å². The molecule has 2 rings (SSSR count). The molecule has 0 bridgehead atoms. The van der Waals surface area contributed by atoms with Gasteiger partial charge in [0, 0.05) is 11.7 Å². The van der Waals surface area contributed by atoms with Crippen LogP contribution in [0.25, 0.3) is 0 Å². The monoisotopic (exact) mass is 289 g/mol. The predicted octanol–water partition coefficient (Wildman–Crippen LogP) is 4.32. The first kappa shape index (κ1) is 15.2. The first-order valence-electron chi connectivity index (χ1n) is 6.79. The van der Waals surface area contributed by atoms with Gasteiger partial charge >= 0.3 is 0 Å². The Morgan fingerprint density at radius 3 is 2.43 bits per heavy atom. The third-order valence-electron chi connectivity index (χ3n) is 3.48. The van der Waals surface area contributed by atoms with Crippen LogP contribution < -0.4 is 14.8 Å². The van der Waals surface area contributed by atoms with Gasteiger partial charge in [0.15, 0.2) is 11.6 Å². The first-order valence-corrected chi connectivity index (χ1v) is 6.79. The molecule has 0 saturated carbocycles. The molecule has 21 heavy (non-hydrogen) atoms. The number of benzene rings is 2. The van der Waals surface area contributed by atoms with Crippen molar-refractivity contribution in [2.45, 2.75) is 19.9 Å². The highest BCUT2D eigenvalue weighted by molar-refractivity contribution is 5.55. The van der Waals surface area contributed by atoms with E-state index in [0.29, 0.717) is 0 Å². The smallest absolute Gasteiger partial charge is 0.165 e. The number of rotatable bonds is 5. The fourth-order valence-corrected chi connectivity index (χ4v) is 2.19. The summed E-state index contributed by atoms with van der Waals surface area (Å²) >= 11 is 0. The van der Waals surface area contributed by atoms with Gasteiger partial charge in [-0.3, -0.25) is 0 Å². The quantitative estimate of drug-likeness (QED) is 0.889. The summed E-state index contributed by atoms with van der Waals surface area (Å²) in [6.07, 6.45) is 0. The lowest BCUT2D eigenvalue weighted by atomic mass is 10.1. The van der Waals surface area contributed by atoms with E-state index >= 15 is 0 Å². The molecule has 1 unspecified atom stereocenters. The minimum Gasteiger partial charge on any atom is -0.497 e. The fraction of sp³-hybridized carbons (Fsp3) is 0.294. The molecule has 0 amide bonds. The van der Waals surface area contributed by atoms with E-state index < -0.39 is 0 Å². The lowest BCUT2D eigenvalue weighted by Crippen LogP contribution is -2.08. The van der Waals surface area contributed by atoms with Crippen molar-refractivity contribution in [2.24, 2.45) is 0 Å². The molecule has 0 saturated heterocycles. The van der Waals surface area contributed by atoms with Gasteiger partial charge < -0.3 is 14.8 Å². The van der Waals surface area contributed by atoms with Crippen LogP contribution in [0.2, 0.25) is 0 Å². The minimum atomic E-state index is -0.353. The van der Waals surface area contributed by atoms with E-state index in [2.05, 4.69) is 5.32 Å². The number of halogens is 1. The maximum atomic E-state index is 13.4. The molecule has 0 aliphatic carbocycles. The van der Waals surface area contributed by atoms with Crippen LogP contribution in [0.5, 0.6) is 11.5 Å². The maximum absolute atomic E-state index is 13.4. The highest BCUT2D eigenvalue weighted by Crippen LogP contribution is 2.28. The number of ether oxygens (including phenoxy) is 2. The molecule has 0 aromatic heterocycles. The number of anilines is 1. The Morgan fingerprint density at radius 2 is 1.81 bits per heavy atom. The molecule has 0 fully saturated rings. The second-order valence-corrected chi connectivity index (χ2v) is 4.94. The summed E-state index contributed by atoms with van der Waals surface area (Å²) in [5.74, 6) is 0.732. The molecule has 3 nitrogen and oxygen atoms in total. The number of methoxy groups -OCH3 is 2. The summed E-state index contributed by atoms with van der Waals surface area (Å²) in [6.45, 7) is 4.04. The fourth-order valence-electron chi connectivity index (χ4n) is 2.19. The van der Waals surface area contributed by atoms with Crippen molar-refractivity contribution < 1.29 is 13.9 Å². The highest BCUT2D eigenvalue weighted by atomic mass is 19.1. The molecule has 0 heterocycles. The van der Waals surface area contributed by atoms with E-state index in [1.54, 1.807) is 19.2 Å². The van der Waals surface area contributed by atoms with E-state index in [-0.39, 0.29) is 17.6 Å². The van der Waals surface area contributed by atoms with Crippen molar-refractivity contribution in [3.63, 3.8) is 0 Å². The second-order valence-electron chi connectivity index (χ2n) is 4.94. The van der Waals surface area contributed by atoms with Crippen LogP contribution in [0.1, 0.15) is 24.1 Å². The van der Waals surface area contributed by atoms with E-state index in [0.717, 1.165) is 22.6 Å². The van der Waals surface area contributed by atoms with Crippen LogP contribution in [0.15, 0.2) is 36.4 Å². The van der Waals surface area contributed by atoms with Crippen molar-refractivity contribution in [2.75, 3.05) is 19.5 Å². The molecule has 0 radical (unpaired) electrons. The predicted molar refractivity (Wildman–Crippen MR) is 82.7 cm³/mol. The Balaban J connectivity index is 2.19. The van der Waals surface area contributed by atoms with Gasteiger partial charge in [0.2, 0.25) is 0 Å².